The third-order valence-electron chi connectivity index (χ3n) is 2.71. The molecule has 1 rings (SSSR count). The van der Waals surface area contributed by atoms with Crippen molar-refractivity contribution in [2.45, 2.75) is 32.7 Å². The smallest absolute Gasteiger partial charge is 0.258 e. The lowest BCUT2D eigenvalue weighted by atomic mass is 10.0. The van der Waals surface area contributed by atoms with Crippen LogP contribution >= 0.6 is 15.9 Å². The topological polar surface area (TPSA) is 64.3 Å². The van der Waals surface area contributed by atoms with E-state index in [9.17, 15) is 4.79 Å². The number of para-hydroxylation sites is 1. The van der Waals surface area contributed by atoms with Crippen molar-refractivity contribution >= 4 is 27.5 Å². The minimum atomic E-state index is -0.222. The van der Waals surface area contributed by atoms with E-state index in [1.807, 2.05) is 32.9 Å². The van der Waals surface area contributed by atoms with Gasteiger partial charge in [0.2, 0.25) is 0 Å². The van der Waals surface area contributed by atoms with Gasteiger partial charge in [0, 0.05) is 5.54 Å². The second kappa shape index (κ2) is 6.09. The molecule has 0 aromatic heterocycles. The molecule has 1 aromatic carbocycles. The highest BCUT2D eigenvalue weighted by Crippen LogP contribution is 2.30. The monoisotopic (exact) mass is 314 g/mol. The summed E-state index contributed by atoms with van der Waals surface area (Å²) in [6.45, 7) is 5.92. The molecule has 0 heterocycles. The molecule has 0 saturated carbocycles. The Balaban J connectivity index is 2.58. The number of rotatable bonds is 5. The van der Waals surface area contributed by atoms with Crippen molar-refractivity contribution < 1.29 is 9.53 Å². The summed E-state index contributed by atoms with van der Waals surface area (Å²) in [6, 6.07) is 5.36. The molecule has 0 fully saturated rings. The van der Waals surface area contributed by atoms with Gasteiger partial charge in [0.25, 0.3) is 5.91 Å². The summed E-state index contributed by atoms with van der Waals surface area (Å²) >= 11 is 3.34. The summed E-state index contributed by atoms with van der Waals surface area (Å²) < 4.78 is 6.18. The Morgan fingerprint density at radius 1 is 1.50 bits per heavy atom. The number of hydrogen-bond acceptors (Lipinski definition) is 3. The summed E-state index contributed by atoms with van der Waals surface area (Å²) in [5, 5.41) is 2.90. The lowest BCUT2D eigenvalue weighted by Crippen LogP contribution is -2.44. The fourth-order valence-electron chi connectivity index (χ4n) is 1.32. The number of nitrogen functional groups attached to an aromatic ring is 1. The van der Waals surface area contributed by atoms with E-state index in [1.165, 1.54) is 0 Å². The van der Waals surface area contributed by atoms with E-state index in [1.54, 1.807) is 6.07 Å². The van der Waals surface area contributed by atoms with Crippen molar-refractivity contribution in [3.8, 4) is 5.75 Å². The van der Waals surface area contributed by atoms with Crippen LogP contribution in [0.5, 0.6) is 5.75 Å². The molecule has 0 radical (unpaired) electrons. The molecule has 0 aliphatic rings. The van der Waals surface area contributed by atoms with Crippen LogP contribution < -0.4 is 15.8 Å². The highest BCUT2D eigenvalue weighted by molar-refractivity contribution is 9.10. The summed E-state index contributed by atoms with van der Waals surface area (Å²) in [4.78, 5) is 11.7. The van der Waals surface area contributed by atoms with E-state index < -0.39 is 0 Å². The number of nitrogens with one attached hydrogen (secondary N) is 1. The largest absolute Gasteiger partial charge is 0.480 e. The average Bonchev–Trinajstić information content (AvgIpc) is 2.28. The summed E-state index contributed by atoms with van der Waals surface area (Å²) in [5.41, 5.74) is 6.06. The number of ether oxygens (including phenoxy) is 1. The predicted octanol–water partition coefficient (Wildman–Crippen LogP) is 2.71. The van der Waals surface area contributed by atoms with Crippen molar-refractivity contribution in [1.29, 1.82) is 0 Å². The molecule has 18 heavy (non-hydrogen) atoms. The molecular formula is C13H19BrN2O2. The molecule has 0 aliphatic carbocycles. The van der Waals surface area contributed by atoms with Gasteiger partial charge >= 0.3 is 0 Å². The number of hydrogen-bond donors (Lipinski definition) is 2. The molecule has 0 atom stereocenters. The van der Waals surface area contributed by atoms with Crippen molar-refractivity contribution in [2.75, 3.05) is 12.3 Å². The van der Waals surface area contributed by atoms with Crippen LogP contribution in [-0.2, 0) is 4.79 Å². The van der Waals surface area contributed by atoms with Gasteiger partial charge in [-0.2, -0.15) is 0 Å². The first-order valence-electron chi connectivity index (χ1n) is 5.83. The number of amides is 1. The Bertz CT molecular complexity index is 413. The zero-order valence-electron chi connectivity index (χ0n) is 10.9. The number of carbonyl (C=O) groups is 1. The Hall–Kier alpha value is -1.23. The molecule has 4 nitrogen and oxygen atoms in total. The second-order valence-corrected chi connectivity index (χ2v) is 5.59. The first-order chi connectivity index (χ1) is 8.35. The lowest BCUT2D eigenvalue weighted by Gasteiger charge is -2.24. The van der Waals surface area contributed by atoms with Crippen LogP contribution in [0.15, 0.2) is 22.7 Å². The first kappa shape index (κ1) is 14.8. The number of halogens is 1. The first-order valence-corrected chi connectivity index (χ1v) is 6.63. The zero-order chi connectivity index (χ0) is 13.8. The molecule has 5 heteroatoms. The van der Waals surface area contributed by atoms with Crippen LogP contribution in [0.4, 0.5) is 5.69 Å². The van der Waals surface area contributed by atoms with Gasteiger partial charge in [-0.05, 0) is 48.3 Å². The molecule has 0 spiro atoms. The SMILES string of the molecule is CCC(C)(C)NC(=O)COc1c(N)cccc1Br. The zero-order valence-corrected chi connectivity index (χ0v) is 12.5. The number of anilines is 1. The molecule has 0 aliphatic heterocycles. The second-order valence-electron chi connectivity index (χ2n) is 4.73. The highest BCUT2D eigenvalue weighted by Gasteiger charge is 2.18. The summed E-state index contributed by atoms with van der Waals surface area (Å²) in [5.74, 6) is 0.346. The Morgan fingerprint density at radius 2 is 2.17 bits per heavy atom. The maximum Gasteiger partial charge on any atom is 0.258 e. The number of carbonyl (C=O) groups excluding carboxylic acids is 1. The summed E-state index contributed by atoms with van der Waals surface area (Å²) in [7, 11) is 0. The number of nitrogens with two attached hydrogens (primary N) is 1. The van der Waals surface area contributed by atoms with E-state index in [4.69, 9.17) is 10.5 Å². The predicted molar refractivity (Wildman–Crippen MR) is 76.6 cm³/mol. The van der Waals surface area contributed by atoms with Gasteiger partial charge in [0.1, 0.15) is 0 Å². The third-order valence-corrected chi connectivity index (χ3v) is 3.33. The van der Waals surface area contributed by atoms with Crippen LogP contribution in [0.3, 0.4) is 0 Å². The lowest BCUT2D eigenvalue weighted by molar-refractivity contribution is -0.124. The Morgan fingerprint density at radius 3 is 2.72 bits per heavy atom. The minimum Gasteiger partial charge on any atom is -0.480 e. The number of benzene rings is 1. The summed E-state index contributed by atoms with van der Waals surface area (Å²) in [6.07, 6.45) is 0.857. The molecule has 1 amide bonds. The van der Waals surface area contributed by atoms with Gasteiger partial charge in [-0.15, -0.1) is 0 Å². The van der Waals surface area contributed by atoms with E-state index in [2.05, 4.69) is 21.2 Å². The van der Waals surface area contributed by atoms with Crippen LogP contribution in [0.25, 0.3) is 0 Å². The fourth-order valence-corrected chi connectivity index (χ4v) is 1.81. The molecular weight excluding hydrogens is 296 g/mol. The molecule has 100 valence electrons. The standard InChI is InChI=1S/C13H19BrN2O2/c1-4-13(2,3)16-11(17)8-18-12-9(14)6-5-7-10(12)15/h5-7H,4,8,15H2,1-3H3,(H,16,17). The van der Waals surface area contributed by atoms with Crippen LogP contribution in [0, 0.1) is 0 Å². The Kier molecular flexibility index (Phi) is 5.02. The van der Waals surface area contributed by atoms with Gasteiger partial charge in [-0.1, -0.05) is 13.0 Å². The fraction of sp³-hybridized carbons (Fsp3) is 0.462. The average molecular weight is 315 g/mol. The van der Waals surface area contributed by atoms with Gasteiger partial charge in [-0.3, -0.25) is 4.79 Å². The molecule has 0 bridgehead atoms. The Labute approximate surface area is 116 Å². The van der Waals surface area contributed by atoms with E-state index in [0.717, 1.165) is 10.9 Å². The molecule has 0 saturated heterocycles. The van der Waals surface area contributed by atoms with Crippen LogP contribution in [0.2, 0.25) is 0 Å². The van der Waals surface area contributed by atoms with Gasteiger partial charge in [0.05, 0.1) is 10.2 Å². The van der Waals surface area contributed by atoms with E-state index in [0.29, 0.717) is 11.4 Å². The quantitative estimate of drug-likeness (QED) is 0.821. The van der Waals surface area contributed by atoms with E-state index >= 15 is 0 Å². The van der Waals surface area contributed by atoms with E-state index in [-0.39, 0.29) is 18.1 Å². The molecule has 1 aromatic rings. The van der Waals surface area contributed by atoms with Crippen molar-refractivity contribution in [3.63, 3.8) is 0 Å². The minimum absolute atomic E-state index is 0.0454. The van der Waals surface area contributed by atoms with Crippen LogP contribution in [-0.4, -0.2) is 18.1 Å². The molecule has 0 unspecified atom stereocenters. The van der Waals surface area contributed by atoms with Crippen molar-refractivity contribution in [1.82, 2.24) is 5.32 Å². The third kappa shape index (κ3) is 4.22. The maximum absolute atomic E-state index is 11.7. The van der Waals surface area contributed by atoms with Crippen LogP contribution in [0.1, 0.15) is 27.2 Å². The highest BCUT2D eigenvalue weighted by atomic mass is 79.9. The molecule has 3 N–H and O–H groups in total. The van der Waals surface area contributed by atoms with Gasteiger partial charge in [0.15, 0.2) is 12.4 Å². The van der Waals surface area contributed by atoms with Gasteiger partial charge in [-0.25, -0.2) is 0 Å². The van der Waals surface area contributed by atoms with Crippen molar-refractivity contribution in [3.05, 3.63) is 22.7 Å². The van der Waals surface area contributed by atoms with Crippen molar-refractivity contribution in [2.24, 2.45) is 0 Å². The van der Waals surface area contributed by atoms with Gasteiger partial charge < -0.3 is 15.8 Å². The normalized spacial score (nSPS) is 11.1. The maximum atomic E-state index is 11.7.